The lowest BCUT2D eigenvalue weighted by Gasteiger charge is -2.22. The molecule has 1 unspecified atom stereocenters. The molecule has 1 saturated heterocycles. The maximum atomic E-state index is 4.98. The highest BCUT2D eigenvalue weighted by atomic mass is 32.2. The summed E-state index contributed by atoms with van der Waals surface area (Å²) in [5.41, 5.74) is 1.29. The van der Waals surface area contributed by atoms with Crippen molar-refractivity contribution in [1.29, 1.82) is 0 Å². The van der Waals surface area contributed by atoms with Gasteiger partial charge in [-0.25, -0.2) is 9.97 Å². The highest BCUT2D eigenvalue weighted by Gasteiger charge is 2.24. The summed E-state index contributed by atoms with van der Waals surface area (Å²) < 4.78 is 0. The first-order valence-electron chi connectivity index (χ1n) is 8.61. The first-order valence-corrected chi connectivity index (χ1v) is 9.66. The SMILES string of the molecule is CCCNc1cc(C2CCCC2)nc(C2CCCCS2)n1. The van der Waals surface area contributed by atoms with E-state index in [9.17, 15) is 0 Å². The fraction of sp³-hybridized carbons (Fsp3) is 0.765. The third-order valence-electron chi connectivity index (χ3n) is 4.56. The Morgan fingerprint density at radius 1 is 1.14 bits per heavy atom. The van der Waals surface area contributed by atoms with E-state index >= 15 is 0 Å². The van der Waals surface area contributed by atoms with E-state index in [4.69, 9.17) is 9.97 Å². The normalized spacial score (nSPS) is 23.4. The summed E-state index contributed by atoms with van der Waals surface area (Å²) in [5.74, 6) is 4.07. The van der Waals surface area contributed by atoms with E-state index in [1.54, 1.807) is 0 Å². The molecule has 3 rings (SSSR count). The van der Waals surface area contributed by atoms with Crippen LogP contribution in [0.15, 0.2) is 6.07 Å². The first kappa shape index (κ1) is 15.1. The Morgan fingerprint density at radius 3 is 2.67 bits per heavy atom. The molecule has 2 aliphatic rings. The van der Waals surface area contributed by atoms with Gasteiger partial charge in [-0.3, -0.25) is 0 Å². The maximum absolute atomic E-state index is 4.98. The van der Waals surface area contributed by atoms with Gasteiger partial charge in [0.15, 0.2) is 0 Å². The lowest BCUT2D eigenvalue weighted by atomic mass is 10.0. The second kappa shape index (κ2) is 7.48. The minimum Gasteiger partial charge on any atom is -0.370 e. The Hall–Kier alpha value is -0.770. The molecule has 0 spiro atoms. The van der Waals surface area contributed by atoms with E-state index in [1.165, 1.54) is 56.4 Å². The molecule has 1 N–H and O–H groups in total. The first-order chi connectivity index (χ1) is 10.4. The van der Waals surface area contributed by atoms with Gasteiger partial charge in [-0.2, -0.15) is 11.8 Å². The molecule has 0 radical (unpaired) electrons. The van der Waals surface area contributed by atoms with Gasteiger partial charge >= 0.3 is 0 Å². The molecule has 2 fully saturated rings. The molecule has 0 amide bonds. The van der Waals surface area contributed by atoms with Crippen LogP contribution in [0.2, 0.25) is 0 Å². The van der Waals surface area contributed by atoms with Crippen LogP contribution in [-0.2, 0) is 0 Å². The molecule has 1 aliphatic carbocycles. The lowest BCUT2D eigenvalue weighted by Crippen LogP contribution is -2.12. The van der Waals surface area contributed by atoms with Gasteiger partial charge in [0.25, 0.3) is 0 Å². The molecule has 1 aliphatic heterocycles. The Bertz CT molecular complexity index is 451. The second-order valence-electron chi connectivity index (χ2n) is 6.30. The predicted octanol–water partition coefficient (Wildman–Crippen LogP) is 4.91. The number of hydrogen-bond donors (Lipinski definition) is 1. The minimum atomic E-state index is 0.516. The number of anilines is 1. The average Bonchev–Trinajstić information content (AvgIpc) is 3.08. The van der Waals surface area contributed by atoms with E-state index in [0.717, 1.165) is 24.6 Å². The van der Waals surface area contributed by atoms with E-state index in [0.29, 0.717) is 11.2 Å². The number of thioether (sulfide) groups is 1. The maximum Gasteiger partial charge on any atom is 0.143 e. The lowest BCUT2D eigenvalue weighted by molar-refractivity contribution is 0.641. The second-order valence-corrected chi connectivity index (χ2v) is 7.61. The van der Waals surface area contributed by atoms with Gasteiger partial charge in [0.2, 0.25) is 0 Å². The zero-order valence-corrected chi connectivity index (χ0v) is 13.9. The average molecular weight is 305 g/mol. The number of nitrogens with zero attached hydrogens (tertiary/aromatic N) is 2. The van der Waals surface area contributed by atoms with Crippen molar-refractivity contribution in [3.8, 4) is 0 Å². The molecule has 1 aromatic heterocycles. The van der Waals surface area contributed by atoms with Gasteiger partial charge < -0.3 is 5.32 Å². The summed E-state index contributed by atoms with van der Waals surface area (Å²) in [5, 5.41) is 3.99. The molecule has 3 nitrogen and oxygen atoms in total. The molecule has 4 heteroatoms. The van der Waals surface area contributed by atoms with Crippen molar-refractivity contribution in [2.24, 2.45) is 0 Å². The zero-order valence-electron chi connectivity index (χ0n) is 13.1. The molecule has 1 aromatic rings. The fourth-order valence-corrected chi connectivity index (χ4v) is 4.59. The summed E-state index contributed by atoms with van der Waals surface area (Å²) in [7, 11) is 0. The zero-order chi connectivity index (χ0) is 14.5. The van der Waals surface area contributed by atoms with E-state index in [2.05, 4.69) is 18.3 Å². The van der Waals surface area contributed by atoms with E-state index < -0.39 is 0 Å². The molecular formula is C17H27N3S. The predicted molar refractivity (Wildman–Crippen MR) is 91.1 cm³/mol. The molecule has 0 aromatic carbocycles. The summed E-state index contributed by atoms with van der Waals surface area (Å²) in [6.45, 7) is 3.20. The highest BCUT2D eigenvalue weighted by molar-refractivity contribution is 7.99. The van der Waals surface area contributed by atoms with Crippen molar-refractivity contribution in [3.63, 3.8) is 0 Å². The summed E-state index contributed by atoms with van der Waals surface area (Å²) in [6, 6.07) is 2.21. The van der Waals surface area contributed by atoms with Crippen LogP contribution in [0, 0.1) is 0 Å². The number of nitrogens with one attached hydrogen (secondary N) is 1. The molecule has 116 valence electrons. The molecule has 2 heterocycles. The monoisotopic (exact) mass is 305 g/mol. The standard InChI is InChI=1S/C17H27N3S/c1-2-10-18-16-12-14(13-7-3-4-8-13)19-17(20-16)15-9-5-6-11-21-15/h12-13,15H,2-11H2,1H3,(H,18,19,20). The van der Waals surface area contributed by atoms with Crippen LogP contribution in [0.3, 0.4) is 0 Å². The van der Waals surface area contributed by atoms with Gasteiger partial charge in [-0.05, 0) is 37.9 Å². The van der Waals surface area contributed by atoms with Crippen LogP contribution >= 0.6 is 11.8 Å². The number of hydrogen-bond acceptors (Lipinski definition) is 4. The van der Waals surface area contributed by atoms with Crippen molar-refractivity contribution in [3.05, 3.63) is 17.6 Å². The number of rotatable bonds is 5. The fourth-order valence-electron chi connectivity index (χ4n) is 3.35. The molecule has 0 bridgehead atoms. The van der Waals surface area contributed by atoms with Crippen molar-refractivity contribution in [2.75, 3.05) is 17.6 Å². The van der Waals surface area contributed by atoms with Crippen LogP contribution in [0.5, 0.6) is 0 Å². The van der Waals surface area contributed by atoms with Crippen molar-refractivity contribution in [2.45, 2.75) is 69.5 Å². The van der Waals surface area contributed by atoms with E-state index in [-0.39, 0.29) is 0 Å². The minimum absolute atomic E-state index is 0.516. The number of aromatic nitrogens is 2. The van der Waals surface area contributed by atoms with Crippen molar-refractivity contribution in [1.82, 2.24) is 9.97 Å². The Kier molecular flexibility index (Phi) is 5.39. The molecule has 1 saturated carbocycles. The third kappa shape index (κ3) is 3.91. The van der Waals surface area contributed by atoms with Crippen molar-refractivity contribution < 1.29 is 0 Å². The molecule has 21 heavy (non-hydrogen) atoms. The van der Waals surface area contributed by atoms with Gasteiger partial charge in [0, 0.05) is 24.2 Å². The smallest absolute Gasteiger partial charge is 0.143 e. The quantitative estimate of drug-likeness (QED) is 0.838. The third-order valence-corrected chi connectivity index (χ3v) is 5.93. The van der Waals surface area contributed by atoms with Gasteiger partial charge in [-0.15, -0.1) is 0 Å². The van der Waals surface area contributed by atoms with Crippen LogP contribution in [-0.4, -0.2) is 22.3 Å². The largest absolute Gasteiger partial charge is 0.370 e. The topological polar surface area (TPSA) is 37.8 Å². The van der Waals surface area contributed by atoms with Gasteiger partial charge in [0.1, 0.15) is 11.6 Å². The summed E-state index contributed by atoms with van der Waals surface area (Å²) in [4.78, 5) is 9.80. The van der Waals surface area contributed by atoms with Crippen molar-refractivity contribution >= 4 is 17.6 Å². The van der Waals surface area contributed by atoms with Crippen LogP contribution in [0.4, 0.5) is 5.82 Å². The highest BCUT2D eigenvalue weighted by Crippen LogP contribution is 2.39. The van der Waals surface area contributed by atoms with Gasteiger partial charge in [0.05, 0.1) is 5.25 Å². The molecular weight excluding hydrogens is 278 g/mol. The van der Waals surface area contributed by atoms with Crippen LogP contribution < -0.4 is 5.32 Å². The Labute approximate surface area is 132 Å². The Morgan fingerprint density at radius 2 is 1.95 bits per heavy atom. The summed E-state index contributed by atoms with van der Waals surface area (Å²) >= 11 is 2.05. The van der Waals surface area contributed by atoms with Gasteiger partial charge in [-0.1, -0.05) is 26.2 Å². The molecule has 1 atom stereocenters. The van der Waals surface area contributed by atoms with Crippen LogP contribution in [0.25, 0.3) is 0 Å². The Balaban J connectivity index is 1.84. The summed E-state index contributed by atoms with van der Waals surface area (Å²) in [6.07, 6.45) is 10.4. The van der Waals surface area contributed by atoms with Crippen LogP contribution in [0.1, 0.15) is 81.0 Å². The van der Waals surface area contributed by atoms with E-state index in [1.807, 2.05) is 11.8 Å².